The van der Waals surface area contributed by atoms with Crippen LogP contribution in [-0.2, 0) is 6.54 Å². The van der Waals surface area contributed by atoms with Gasteiger partial charge in [0.1, 0.15) is 5.75 Å². The largest absolute Gasteiger partial charge is 0.496 e. The van der Waals surface area contributed by atoms with Gasteiger partial charge in [0.05, 0.1) is 23.7 Å². The lowest BCUT2D eigenvalue weighted by atomic mass is 10.2. The molecule has 1 amide bonds. The summed E-state index contributed by atoms with van der Waals surface area (Å²) in [5.74, 6) is 0.251. The third-order valence-corrected chi connectivity index (χ3v) is 4.20. The maximum absolute atomic E-state index is 12.3. The highest BCUT2D eigenvalue weighted by molar-refractivity contribution is 9.10. The molecule has 6 nitrogen and oxygen atoms in total. The molecular formula is C17H16BrN3O3. The van der Waals surface area contributed by atoms with E-state index >= 15 is 0 Å². The Bertz CT molecular complexity index is 946. The minimum absolute atomic E-state index is 0.189. The van der Waals surface area contributed by atoms with E-state index in [2.05, 4.69) is 26.2 Å². The molecule has 0 spiro atoms. The second kappa shape index (κ2) is 6.92. The standard InChI is InChI=1S/C17H16BrN3O3/c1-24-15-7-6-11(18)10-12(15)16(22)19-8-9-21-14-5-3-2-4-13(14)20-17(21)23/h2-7,10H,8-9H2,1H3,(H,19,22)(H,20,23). The number of aromatic amines is 1. The average molecular weight is 390 g/mol. The smallest absolute Gasteiger partial charge is 0.326 e. The summed E-state index contributed by atoms with van der Waals surface area (Å²) >= 11 is 3.35. The number of carbonyl (C=O) groups excluding carboxylic acids is 1. The number of para-hydroxylation sites is 2. The summed E-state index contributed by atoms with van der Waals surface area (Å²) in [6.45, 7) is 0.709. The lowest BCUT2D eigenvalue weighted by Gasteiger charge is -2.10. The number of hydrogen-bond acceptors (Lipinski definition) is 3. The summed E-state index contributed by atoms with van der Waals surface area (Å²) in [4.78, 5) is 27.1. The van der Waals surface area contributed by atoms with Crippen molar-refractivity contribution in [3.8, 4) is 5.75 Å². The van der Waals surface area contributed by atoms with Crippen LogP contribution >= 0.6 is 15.9 Å². The number of benzene rings is 2. The number of halogens is 1. The first kappa shape index (κ1) is 16.3. The van der Waals surface area contributed by atoms with Crippen molar-refractivity contribution in [1.82, 2.24) is 14.9 Å². The number of carbonyl (C=O) groups is 1. The van der Waals surface area contributed by atoms with Gasteiger partial charge in [-0.1, -0.05) is 28.1 Å². The highest BCUT2D eigenvalue weighted by Crippen LogP contribution is 2.22. The minimum Gasteiger partial charge on any atom is -0.496 e. The van der Waals surface area contributed by atoms with Crippen molar-refractivity contribution < 1.29 is 9.53 Å². The van der Waals surface area contributed by atoms with Crippen LogP contribution < -0.4 is 15.7 Å². The molecule has 1 aromatic heterocycles. The number of hydrogen-bond donors (Lipinski definition) is 2. The number of imidazole rings is 1. The number of nitrogens with one attached hydrogen (secondary N) is 2. The normalized spacial score (nSPS) is 10.8. The maximum Gasteiger partial charge on any atom is 0.326 e. The SMILES string of the molecule is COc1ccc(Br)cc1C(=O)NCCn1c(=O)[nH]c2ccccc21. The molecule has 0 unspecified atom stereocenters. The monoisotopic (exact) mass is 389 g/mol. The third-order valence-electron chi connectivity index (χ3n) is 3.71. The maximum atomic E-state index is 12.3. The van der Waals surface area contributed by atoms with Crippen molar-refractivity contribution in [1.29, 1.82) is 0 Å². The second-order valence-electron chi connectivity index (χ2n) is 5.20. The zero-order chi connectivity index (χ0) is 17.1. The summed E-state index contributed by atoms with van der Waals surface area (Å²) < 4.78 is 7.61. The average Bonchev–Trinajstić information content (AvgIpc) is 2.90. The fraction of sp³-hybridized carbons (Fsp3) is 0.176. The molecule has 0 bridgehead atoms. The third kappa shape index (κ3) is 3.21. The molecule has 7 heteroatoms. The number of amides is 1. The molecule has 0 aliphatic carbocycles. The molecule has 0 aliphatic rings. The first-order chi connectivity index (χ1) is 11.6. The molecule has 3 aromatic rings. The molecule has 24 heavy (non-hydrogen) atoms. The topological polar surface area (TPSA) is 76.1 Å². The van der Waals surface area contributed by atoms with Crippen molar-refractivity contribution >= 4 is 32.9 Å². The number of H-pyrrole nitrogens is 1. The van der Waals surface area contributed by atoms with Gasteiger partial charge in [-0.3, -0.25) is 9.36 Å². The van der Waals surface area contributed by atoms with E-state index in [9.17, 15) is 9.59 Å². The first-order valence-electron chi connectivity index (χ1n) is 7.39. The van der Waals surface area contributed by atoms with Crippen LogP contribution in [0.1, 0.15) is 10.4 Å². The van der Waals surface area contributed by atoms with E-state index in [0.717, 1.165) is 15.5 Å². The molecule has 0 aliphatic heterocycles. The van der Waals surface area contributed by atoms with Crippen molar-refractivity contribution in [3.63, 3.8) is 0 Å². The van der Waals surface area contributed by atoms with Gasteiger partial charge in [-0.25, -0.2) is 4.79 Å². The quantitative estimate of drug-likeness (QED) is 0.703. The molecule has 3 rings (SSSR count). The van der Waals surface area contributed by atoms with Crippen LogP contribution in [0.3, 0.4) is 0 Å². The van der Waals surface area contributed by atoms with E-state index < -0.39 is 0 Å². The Morgan fingerprint density at radius 2 is 2.08 bits per heavy atom. The molecular weight excluding hydrogens is 374 g/mol. The Morgan fingerprint density at radius 1 is 1.29 bits per heavy atom. The molecule has 0 saturated carbocycles. The van der Waals surface area contributed by atoms with Crippen molar-refractivity contribution in [2.24, 2.45) is 0 Å². The Balaban J connectivity index is 1.72. The number of nitrogens with zero attached hydrogens (tertiary/aromatic N) is 1. The molecule has 1 heterocycles. The Morgan fingerprint density at radius 3 is 2.88 bits per heavy atom. The zero-order valence-corrected chi connectivity index (χ0v) is 14.6. The zero-order valence-electron chi connectivity index (χ0n) is 13.0. The van der Waals surface area contributed by atoms with Crippen molar-refractivity contribution in [3.05, 3.63) is 63.0 Å². The predicted molar refractivity (Wildman–Crippen MR) is 95.6 cm³/mol. The number of rotatable bonds is 5. The molecule has 2 aromatic carbocycles. The summed E-state index contributed by atoms with van der Waals surface area (Å²) in [7, 11) is 1.52. The van der Waals surface area contributed by atoms with E-state index in [1.54, 1.807) is 22.8 Å². The van der Waals surface area contributed by atoms with Gasteiger partial charge < -0.3 is 15.0 Å². The van der Waals surface area contributed by atoms with Gasteiger partial charge in [0.15, 0.2) is 0 Å². The van der Waals surface area contributed by atoms with Crippen LogP contribution in [0, 0.1) is 0 Å². The van der Waals surface area contributed by atoms with Gasteiger partial charge in [0.2, 0.25) is 0 Å². The van der Waals surface area contributed by atoms with Gasteiger partial charge in [-0.15, -0.1) is 0 Å². The number of fused-ring (bicyclic) bond motifs is 1. The number of ether oxygens (including phenoxy) is 1. The lowest BCUT2D eigenvalue weighted by molar-refractivity contribution is 0.0949. The lowest BCUT2D eigenvalue weighted by Crippen LogP contribution is -2.30. The van der Waals surface area contributed by atoms with Gasteiger partial charge in [-0.2, -0.15) is 0 Å². The van der Waals surface area contributed by atoms with Crippen molar-refractivity contribution in [2.75, 3.05) is 13.7 Å². The summed E-state index contributed by atoms with van der Waals surface area (Å²) in [6.07, 6.45) is 0. The van der Waals surface area contributed by atoms with E-state index in [4.69, 9.17) is 4.74 Å². The Kier molecular flexibility index (Phi) is 4.71. The van der Waals surface area contributed by atoms with Crippen LogP contribution in [0.2, 0.25) is 0 Å². The Labute approximate surface area is 146 Å². The molecule has 2 N–H and O–H groups in total. The fourth-order valence-corrected chi connectivity index (χ4v) is 2.92. The van der Waals surface area contributed by atoms with Crippen LogP contribution in [-0.4, -0.2) is 29.1 Å². The van der Waals surface area contributed by atoms with E-state index in [1.165, 1.54) is 7.11 Å². The van der Waals surface area contributed by atoms with E-state index in [-0.39, 0.29) is 11.6 Å². The summed E-state index contributed by atoms with van der Waals surface area (Å²) in [5, 5.41) is 2.82. The highest BCUT2D eigenvalue weighted by atomic mass is 79.9. The highest BCUT2D eigenvalue weighted by Gasteiger charge is 2.13. The minimum atomic E-state index is -0.249. The molecule has 0 fully saturated rings. The van der Waals surface area contributed by atoms with Crippen LogP contribution in [0.5, 0.6) is 5.75 Å². The first-order valence-corrected chi connectivity index (χ1v) is 8.18. The van der Waals surface area contributed by atoms with Gasteiger partial charge in [-0.05, 0) is 30.3 Å². The Hall–Kier alpha value is -2.54. The van der Waals surface area contributed by atoms with Gasteiger partial charge in [0, 0.05) is 17.6 Å². The molecule has 0 atom stereocenters. The van der Waals surface area contributed by atoms with E-state index in [0.29, 0.717) is 24.4 Å². The summed E-state index contributed by atoms with van der Waals surface area (Å²) in [5.41, 5.74) is 1.85. The second-order valence-corrected chi connectivity index (χ2v) is 6.12. The fourth-order valence-electron chi connectivity index (χ4n) is 2.56. The predicted octanol–water partition coefficient (Wildman–Crippen LogP) is 2.53. The summed E-state index contributed by atoms with van der Waals surface area (Å²) in [6, 6.07) is 12.7. The molecule has 0 radical (unpaired) electrons. The van der Waals surface area contributed by atoms with Gasteiger partial charge in [0.25, 0.3) is 5.91 Å². The van der Waals surface area contributed by atoms with Crippen LogP contribution in [0.25, 0.3) is 11.0 Å². The van der Waals surface area contributed by atoms with Gasteiger partial charge >= 0.3 is 5.69 Å². The van der Waals surface area contributed by atoms with Crippen LogP contribution in [0.15, 0.2) is 51.7 Å². The number of aromatic nitrogens is 2. The molecule has 124 valence electrons. The molecule has 0 saturated heterocycles. The van der Waals surface area contributed by atoms with Crippen LogP contribution in [0.4, 0.5) is 0 Å². The van der Waals surface area contributed by atoms with E-state index in [1.807, 2.05) is 24.3 Å². The van der Waals surface area contributed by atoms with Crippen molar-refractivity contribution in [2.45, 2.75) is 6.54 Å². The number of methoxy groups -OCH3 is 1.